The molecule has 30 heavy (non-hydrogen) atoms. The van der Waals surface area contributed by atoms with Crippen molar-refractivity contribution in [1.82, 2.24) is 10.2 Å². The third-order valence-electron chi connectivity index (χ3n) is 4.36. The largest absolute Gasteiger partial charge is 0.497 e. The summed E-state index contributed by atoms with van der Waals surface area (Å²) in [4.78, 5) is 27.1. The van der Waals surface area contributed by atoms with Gasteiger partial charge in [0.25, 0.3) is 5.91 Å². The summed E-state index contributed by atoms with van der Waals surface area (Å²) < 4.78 is 11.5. The lowest BCUT2D eigenvalue weighted by molar-refractivity contribution is -0.142. The fourth-order valence-corrected chi connectivity index (χ4v) is 3.53. The Bertz CT molecular complexity index is 874. The number of nitrogens with one attached hydrogen (secondary N) is 1. The Morgan fingerprint density at radius 2 is 1.80 bits per heavy atom. The van der Waals surface area contributed by atoms with E-state index in [1.807, 2.05) is 38.1 Å². The van der Waals surface area contributed by atoms with E-state index >= 15 is 0 Å². The Labute approximate surface area is 190 Å². The van der Waals surface area contributed by atoms with Crippen LogP contribution in [0.3, 0.4) is 0 Å². The molecule has 0 spiro atoms. The summed E-state index contributed by atoms with van der Waals surface area (Å²) in [5, 5.41) is 3.41. The minimum atomic E-state index is -0.667. The van der Waals surface area contributed by atoms with E-state index in [0.29, 0.717) is 15.2 Å². The summed E-state index contributed by atoms with van der Waals surface area (Å²) in [6, 6.07) is 11.7. The van der Waals surface area contributed by atoms with Crippen molar-refractivity contribution in [3.05, 3.63) is 57.5 Å². The highest BCUT2D eigenvalue weighted by molar-refractivity contribution is 9.10. The van der Waals surface area contributed by atoms with Crippen LogP contribution in [0.5, 0.6) is 11.5 Å². The number of hydrogen-bond donors (Lipinski definition) is 1. The maximum Gasteiger partial charge on any atom is 0.261 e. The van der Waals surface area contributed by atoms with Crippen molar-refractivity contribution in [3.63, 3.8) is 0 Å². The van der Waals surface area contributed by atoms with Crippen molar-refractivity contribution in [2.24, 2.45) is 0 Å². The maximum atomic E-state index is 13.0. The molecule has 6 nitrogen and oxygen atoms in total. The van der Waals surface area contributed by atoms with Crippen LogP contribution in [0.25, 0.3) is 0 Å². The van der Waals surface area contributed by atoms with E-state index in [1.54, 1.807) is 32.2 Å². The summed E-state index contributed by atoms with van der Waals surface area (Å²) in [7, 11) is 1.59. The molecule has 1 atom stereocenters. The predicted molar refractivity (Wildman–Crippen MR) is 121 cm³/mol. The Kier molecular flexibility index (Phi) is 8.99. The van der Waals surface area contributed by atoms with Gasteiger partial charge in [-0.3, -0.25) is 9.59 Å². The Morgan fingerprint density at radius 3 is 2.37 bits per heavy atom. The molecule has 0 heterocycles. The van der Waals surface area contributed by atoms with Crippen LogP contribution >= 0.6 is 27.5 Å². The van der Waals surface area contributed by atoms with E-state index in [4.69, 9.17) is 21.1 Å². The van der Waals surface area contributed by atoms with Gasteiger partial charge in [0.15, 0.2) is 6.61 Å². The number of amides is 2. The number of halogens is 2. The molecular formula is C22H26BrClN2O4. The Balaban J connectivity index is 2.17. The van der Waals surface area contributed by atoms with Crippen molar-refractivity contribution in [3.8, 4) is 11.5 Å². The molecule has 0 radical (unpaired) electrons. The number of nitrogens with zero attached hydrogens (tertiary/aromatic N) is 1. The summed E-state index contributed by atoms with van der Waals surface area (Å²) in [5.74, 6) is 0.688. The first kappa shape index (κ1) is 24.0. The number of rotatable bonds is 9. The second-order valence-electron chi connectivity index (χ2n) is 7.07. The first-order chi connectivity index (χ1) is 14.2. The second-order valence-corrected chi connectivity index (χ2v) is 8.36. The van der Waals surface area contributed by atoms with Gasteiger partial charge < -0.3 is 19.7 Å². The third kappa shape index (κ3) is 6.92. The van der Waals surface area contributed by atoms with Crippen LogP contribution in [0.15, 0.2) is 46.9 Å². The standard InChI is InChI=1S/C22H26BrClN2O4/c1-14(2)25-22(28)15(3)26(12-16-5-8-18(29-4)9-6-16)21(27)13-30-20-10-7-17(24)11-19(20)23/h5-11,14-15H,12-13H2,1-4H3,(H,25,28)/t15-/m1/s1. The molecule has 0 bridgehead atoms. The average molecular weight is 498 g/mol. The average Bonchev–Trinajstić information content (AvgIpc) is 2.70. The van der Waals surface area contributed by atoms with Crippen LogP contribution in [-0.2, 0) is 16.1 Å². The van der Waals surface area contributed by atoms with Crippen LogP contribution in [0.4, 0.5) is 0 Å². The van der Waals surface area contributed by atoms with Crippen LogP contribution in [0.1, 0.15) is 26.3 Å². The number of methoxy groups -OCH3 is 1. The molecule has 0 fully saturated rings. The van der Waals surface area contributed by atoms with Gasteiger partial charge in [0.2, 0.25) is 5.91 Å². The third-order valence-corrected chi connectivity index (χ3v) is 5.21. The fourth-order valence-electron chi connectivity index (χ4n) is 2.73. The van der Waals surface area contributed by atoms with Crippen LogP contribution < -0.4 is 14.8 Å². The van der Waals surface area contributed by atoms with E-state index in [1.165, 1.54) is 4.90 Å². The van der Waals surface area contributed by atoms with Gasteiger partial charge in [-0.2, -0.15) is 0 Å². The minimum absolute atomic E-state index is 0.0286. The fraction of sp³-hybridized carbons (Fsp3) is 0.364. The van der Waals surface area contributed by atoms with Gasteiger partial charge in [-0.1, -0.05) is 23.7 Å². The maximum absolute atomic E-state index is 13.0. The molecule has 8 heteroatoms. The van der Waals surface area contributed by atoms with Gasteiger partial charge >= 0.3 is 0 Å². The molecule has 0 aliphatic carbocycles. The molecule has 2 rings (SSSR count). The summed E-state index contributed by atoms with van der Waals surface area (Å²) in [5.41, 5.74) is 0.876. The van der Waals surface area contributed by atoms with E-state index in [0.717, 1.165) is 11.3 Å². The van der Waals surface area contributed by atoms with Crippen molar-refractivity contribution in [2.45, 2.75) is 39.4 Å². The van der Waals surface area contributed by atoms with E-state index in [2.05, 4.69) is 21.2 Å². The summed E-state index contributed by atoms with van der Waals surface area (Å²) >= 11 is 9.32. The summed E-state index contributed by atoms with van der Waals surface area (Å²) in [6.07, 6.45) is 0. The van der Waals surface area contributed by atoms with Gasteiger partial charge in [-0.05, 0) is 72.6 Å². The number of carbonyl (C=O) groups excluding carboxylic acids is 2. The van der Waals surface area contributed by atoms with Gasteiger partial charge in [0.05, 0.1) is 11.6 Å². The van der Waals surface area contributed by atoms with Crippen molar-refractivity contribution in [1.29, 1.82) is 0 Å². The molecule has 0 unspecified atom stereocenters. The Hall–Kier alpha value is -2.25. The SMILES string of the molecule is COc1ccc(CN(C(=O)COc2ccc(Cl)cc2Br)[C@H](C)C(=O)NC(C)C)cc1. The van der Waals surface area contributed by atoms with E-state index < -0.39 is 6.04 Å². The van der Waals surface area contributed by atoms with Gasteiger partial charge in [-0.25, -0.2) is 0 Å². The first-order valence-electron chi connectivity index (χ1n) is 9.52. The van der Waals surface area contributed by atoms with Gasteiger partial charge in [-0.15, -0.1) is 0 Å². The Morgan fingerprint density at radius 1 is 1.13 bits per heavy atom. The molecular weight excluding hydrogens is 472 g/mol. The van der Waals surface area contributed by atoms with Crippen molar-refractivity contribution < 1.29 is 19.1 Å². The van der Waals surface area contributed by atoms with E-state index in [-0.39, 0.29) is 31.0 Å². The number of ether oxygens (including phenoxy) is 2. The zero-order valence-corrected chi connectivity index (χ0v) is 19.8. The molecule has 2 amide bonds. The monoisotopic (exact) mass is 496 g/mol. The zero-order chi connectivity index (χ0) is 22.3. The van der Waals surface area contributed by atoms with Gasteiger partial charge in [0, 0.05) is 17.6 Å². The normalized spacial score (nSPS) is 11.7. The molecule has 0 saturated carbocycles. The molecule has 2 aromatic carbocycles. The van der Waals surface area contributed by atoms with Crippen molar-refractivity contribution in [2.75, 3.05) is 13.7 Å². The number of hydrogen-bond acceptors (Lipinski definition) is 4. The van der Waals surface area contributed by atoms with Crippen LogP contribution in [-0.4, -0.2) is 42.5 Å². The smallest absolute Gasteiger partial charge is 0.261 e. The second kappa shape index (κ2) is 11.2. The van der Waals surface area contributed by atoms with Gasteiger partial charge in [0.1, 0.15) is 17.5 Å². The number of benzene rings is 2. The first-order valence-corrected chi connectivity index (χ1v) is 10.7. The summed E-state index contributed by atoms with van der Waals surface area (Å²) in [6.45, 7) is 5.51. The predicted octanol–water partition coefficient (Wildman–Crippen LogP) is 4.43. The minimum Gasteiger partial charge on any atom is -0.497 e. The lowest BCUT2D eigenvalue weighted by Gasteiger charge is -2.29. The highest BCUT2D eigenvalue weighted by Crippen LogP contribution is 2.28. The topological polar surface area (TPSA) is 67.9 Å². The highest BCUT2D eigenvalue weighted by Gasteiger charge is 2.27. The van der Waals surface area contributed by atoms with Crippen molar-refractivity contribution >= 4 is 39.3 Å². The molecule has 0 aliphatic rings. The van der Waals surface area contributed by atoms with Crippen LogP contribution in [0, 0.1) is 0 Å². The number of carbonyl (C=O) groups is 2. The zero-order valence-electron chi connectivity index (χ0n) is 17.4. The van der Waals surface area contributed by atoms with E-state index in [9.17, 15) is 9.59 Å². The molecule has 0 aliphatic heterocycles. The molecule has 1 N–H and O–H groups in total. The molecule has 0 saturated heterocycles. The quantitative estimate of drug-likeness (QED) is 0.556. The lowest BCUT2D eigenvalue weighted by atomic mass is 10.1. The highest BCUT2D eigenvalue weighted by atomic mass is 79.9. The lowest BCUT2D eigenvalue weighted by Crippen LogP contribution is -2.50. The molecule has 162 valence electrons. The molecule has 0 aromatic heterocycles. The van der Waals surface area contributed by atoms with Crippen LogP contribution in [0.2, 0.25) is 5.02 Å². The molecule has 2 aromatic rings.